The van der Waals surface area contributed by atoms with Crippen LogP contribution >= 0.6 is 0 Å². The van der Waals surface area contributed by atoms with Gasteiger partial charge in [-0.2, -0.15) is 0 Å². The van der Waals surface area contributed by atoms with Crippen molar-refractivity contribution in [1.82, 2.24) is 0 Å². The summed E-state index contributed by atoms with van der Waals surface area (Å²) in [5, 5.41) is 0. The first-order chi connectivity index (χ1) is 9.40. The van der Waals surface area contributed by atoms with Gasteiger partial charge < -0.3 is 15.2 Å². The molecule has 2 N–H and O–H groups in total. The molecule has 112 valence electrons. The monoisotopic (exact) mass is 289 g/mol. The highest BCUT2D eigenvalue weighted by atomic mass is 19.4. The third kappa shape index (κ3) is 3.56. The Labute approximate surface area is 115 Å². The molecule has 0 spiro atoms. The van der Waals surface area contributed by atoms with E-state index in [4.69, 9.17) is 10.5 Å². The maximum Gasteiger partial charge on any atom is 0.573 e. The van der Waals surface area contributed by atoms with Crippen molar-refractivity contribution in [2.24, 2.45) is 11.7 Å². The Bertz CT molecular complexity index is 456. The molecule has 1 saturated carbocycles. The largest absolute Gasteiger partial charge is 0.573 e. The van der Waals surface area contributed by atoms with Crippen molar-refractivity contribution in [3.05, 3.63) is 23.8 Å². The van der Waals surface area contributed by atoms with Gasteiger partial charge in [-0.15, -0.1) is 13.2 Å². The Morgan fingerprint density at radius 3 is 2.45 bits per heavy atom. The van der Waals surface area contributed by atoms with Gasteiger partial charge in [0.25, 0.3) is 0 Å². The van der Waals surface area contributed by atoms with Crippen LogP contribution in [0.4, 0.5) is 13.2 Å². The number of hydrogen-bond acceptors (Lipinski definition) is 3. The second-order valence-electron chi connectivity index (χ2n) is 5.02. The molecular formula is C14H18F3NO2. The number of nitrogens with two attached hydrogens (primary N) is 1. The number of rotatable bonds is 4. The lowest BCUT2D eigenvalue weighted by Crippen LogP contribution is -2.20. The van der Waals surface area contributed by atoms with E-state index >= 15 is 0 Å². The van der Waals surface area contributed by atoms with E-state index in [1.165, 1.54) is 19.2 Å². The van der Waals surface area contributed by atoms with Gasteiger partial charge in [-0.1, -0.05) is 18.9 Å². The lowest BCUT2D eigenvalue weighted by atomic mass is 9.92. The highest BCUT2D eigenvalue weighted by molar-refractivity contribution is 5.42. The summed E-state index contributed by atoms with van der Waals surface area (Å²) in [6.45, 7) is 0. The van der Waals surface area contributed by atoms with E-state index in [9.17, 15) is 13.2 Å². The fourth-order valence-corrected chi connectivity index (χ4v) is 2.73. The molecule has 6 heteroatoms. The summed E-state index contributed by atoms with van der Waals surface area (Å²) >= 11 is 0. The van der Waals surface area contributed by atoms with E-state index in [2.05, 4.69) is 4.74 Å². The zero-order valence-corrected chi connectivity index (χ0v) is 11.2. The van der Waals surface area contributed by atoms with Crippen LogP contribution in [0.5, 0.6) is 11.5 Å². The molecule has 1 atom stereocenters. The van der Waals surface area contributed by atoms with Gasteiger partial charge >= 0.3 is 6.36 Å². The van der Waals surface area contributed by atoms with Gasteiger partial charge in [0.2, 0.25) is 0 Å². The molecule has 2 rings (SSSR count). The van der Waals surface area contributed by atoms with Gasteiger partial charge in [0, 0.05) is 17.7 Å². The normalized spacial score (nSPS) is 18.1. The molecule has 0 amide bonds. The van der Waals surface area contributed by atoms with Crippen LogP contribution in [0.2, 0.25) is 0 Å². The number of benzene rings is 1. The predicted molar refractivity (Wildman–Crippen MR) is 68.6 cm³/mol. The topological polar surface area (TPSA) is 44.5 Å². The fraction of sp³-hybridized carbons (Fsp3) is 0.571. The Hall–Kier alpha value is -1.43. The maximum atomic E-state index is 12.2. The molecular weight excluding hydrogens is 271 g/mol. The Kier molecular flexibility index (Phi) is 4.42. The SMILES string of the molecule is COc1cc(OC(F)(F)F)ccc1[C@@H](N)C1CCCC1. The van der Waals surface area contributed by atoms with Crippen LogP contribution in [0, 0.1) is 5.92 Å². The summed E-state index contributed by atoms with van der Waals surface area (Å²) in [4.78, 5) is 0. The average Bonchev–Trinajstić information content (AvgIpc) is 2.89. The molecule has 1 fully saturated rings. The van der Waals surface area contributed by atoms with Crippen LogP contribution in [0.3, 0.4) is 0 Å². The summed E-state index contributed by atoms with van der Waals surface area (Å²) in [6, 6.07) is 3.85. The van der Waals surface area contributed by atoms with Gasteiger partial charge in [0.1, 0.15) is 11.5 Å². The molecule has 0 aliphatic heterocycles. The number of halogens is 3. The second-order valence-corrected chi connectivity index (χ2v) is 5.02. The van der Waals surface area contributed by atoms with Crippen molar-refractivity contribution in [3.8, 4) is 11.5 Å². The molecule has 20 heavy (non-hydrogen) atoms. The molecule has 1 aromatic carbocycles. The van der Waals surface area contributed by atoms with E-state index < -0.39 is 6.36 Å². The smallest absolute Gasteiger partial charge is 0.496 e. The van der Waals surface area contributed by atoms with Crippen LogP contribution in [-0.2, 0) is 0 Å². The van der Waals surface area contributed by atoms with Gasteiger partial charge in [-0.25, -0.2) is 0 Å². The van der Waals surface area contributed by atoms with E-state index in [-0.39, 0.29) is 11.8 Å². The molecule has 0 heterocycles. The highest BCUT2D eigenvalue weighted by Crippen LogP contribution is 2.39. The van der Waals surface area contributed by atoms with Gasteiger partial charge in [-0.05, 0) is 24.8 Å². The standard InChI is InChI=1S/C14H18F3NO2/c1-19-12-8-10(20-14(15,16)17)6-7-11(12)13(18)9-4-2-3-5-9/h6-9,13H,2-5,18H2,1H3/t13-/m0/s1. The third-order valence-electron chi connectivity index (χ3n) is 3.71. The summed E-state index contributed by atoms with van der Waals surface area (Å²) < 4.78 is 45.6. The number of methoxy groups -OCH3 is 1. The molecule has 1 aliphatic carbocycles. The van der Waals surface area contributed by atoms with Crippen molar-refractivity contribution in [1.29, 1.82) is 0 Å². The van der Waals surface area contributed by atoms with Gasteiger partial charge in [0.15, 0.2) is 0 Å². The second kappa shape index (κ2) is 5.91. The Morgan fingerprint density at radius 2 is 1.90 bits per heavy atom. The lowest BCUT2D eigenvalue weighted by Gasteiger charge is -2.22. The minimum Gasteiger partial charge on any atom is -0.496 e. The van der Waals surface area contributed by atoms with E-state index in [1.807, 2.05) is 0 Å². The minimum absolute atomic E-state index is 0.215. The third-order valence-corrected chi connectivity index (χ3v) is 3.71. The van der Waals surface area contributed by atoms with Gasteiger partial charge in [-0.3, -0.25) is 0 Å². The van der Waals surface area contributed by atoms with Crippen LogP contribution in [0.25, 0.3) is 0 Å². The first-order valence-electron chi connectivity index (χ1n) is 6.60. The summed E-state index contributed by atoms with van der Waals surface area (Å²) in [5.74, 6) is 0.404. The van der Waals surface area contributed by atoms with Gasteiger partial charge in [0.05, 0.1) is 7.11 Å². The first kappa shape index (κ1) is 15.0. The van der Waals surface area contributed by atoms with E-state index in [1.54, 1.807) is 6.07 Å². The molecule has 1 aromatic rings. The summed E-state index contributed by atoms with van der Waals surface area (Å²) in [6.07, 6.45) is -0.317. The Balaban J connectivity index is 2.21. The van der Waals surface area contributed by atoms with Crippen molar-refractivity contribution in [3.63, 3.8) is 0 Å². The molecule has 1 aliphatic rings. The average molecular weight is 289 g/mol. The molecule has 0 radical (unpaired) electrons. The van der Waals surface area contributed by atoms with Crippen LogP contribution < -0.4 is 15.2 Å². The molecule has 3 nitrogen and oxygen atoms in total. The van der Waals surface area contributed by atoms with Crippen molar-refractivity contribution in [2.75, 3.05) is 7.11 Å². The number of alkyl halides is 3. The van der Waals surface area contributed by atoms with Crippen LogP contribution in [0.15, 0.2) is 18.2 Å². The minimum atomic E-state index is -4.71. The highest BCUT2D eigenvalue weighted by Gasteiger charge is 2.32. The molecule has 0 unspecified atom stereocenters. The zero-order chi connectivity index (χ0) is 14.8. The summed E-state index contributed by atoms with van der Waals surface area (Å²) in [7, 11) is 1.41. The molecule has 0 saturated heterocycles. The first-order valence-corrected chi connectivity index (χ1v) is 6.60. The van der Waals surface area contributed by atoms with E-state index in [0.29, 0.717) is 11.7 Å². The van der Waals surface area contributed by atoms with E-state index in [0.717, 1.165) is 31.2 Å². The van der Waals surface area contributed by atoms with Crippen molar-refractivity contribution < 1.29 is 22.6 Å². The lowest BCUT2D eigenvalue weighted by molar-refractivity contribution is -0.274. The summed E-state index contributed by atoms with van der Waals surface area (Å²) in [5.41, 5.74) is 6.94. The van der Waals surface area contributed by atoms with Crippen LogP contribution in [0.1, 0.15) is 37.3 Å². The zero-order valence-electron chi connectivity index (χ0n) is 11.2. The predicted octanol–water partition coefficient (Wildman–Crippen LogP) is 3.78. The Morgan fingerprint density at radius 1 is 1.25 bits per heavy atom. The molecule has 0 aromatic heterocycles. The maximum absolute atomic E-state index is 12.2. The van der Waals surface area contributed by atoms with Crippen molar-refractivity contribution in [2.45, 2.75) is 38.1 Å². The molecule has 0 bridgehead atoms. The quantitative estimate of drug-likeness (QED) is 0.917. The fourth-order valence-electron chi connectivity index (χ4n) is 2.73. The number of hydrogen-bond donors (Lipinski definition) is 1. The van der Waals surface area contributed by atoms with Crippen LogP contribution in [-0.4, -0.2) is 13.5 Å². The van der Waals surface area contributed by atoms with Crippen molar-refractivity contribution >= 4 is 0 Å². The number of ether oxygens (including phenoxy) is 2.